The Balaban J connectivity index is 2.98. The predicted octanol–water partition coefficient (Wildman–Crippen LogP) is 1.91. The molecule has 0 radical (unpaired) electrons. The van der Waals surface area contributed by atoms with Crippen LogP contribution in [0.4, 0.5) is 0 Å². The van der Waals surface area contributed by atoms with Gasteiger partial charge in [0.25, 0.3) is 0 Å². The summed E-state index contributed by atoms with van der Waals surface area (Å²) in [5.74, 6) is 0.430. The number of hydrogen-bond donors (Lipinski definition) is 1. The number of nitrogens with two attached hydrogens (primary N) is 1. The molecule has 1 atom stereocenters. The monoisotopic (exact) mass is 164 g/mol. The van der Waals surface area contributed by atoms with E-state index in [0.29, 0.717) is 5.92 Å². The van der Waals surface area contributed by atoms with E-state index in [4.69, 9.17) is 5.73 Å². The van der Waals surface area contributed by atoms with E-state index in [2.05, 4.69) is 18.8 Å². The summed E-state index contributed by atoms with van der Waals surface area (Å²) in [7, 11) is 0. The van der Waals surface area contributed by atoms with Gasteiger partial charge in [-0.25, -0.2) is 0 Å². The van der Waals surface area contributed by atoms with E-state index in [1.165, 1.54) is 0 Å². The standard InChI is InChI=1S/C10H16N2/c1-8(2)10(3,11)9-4-6-12-7-5-9/h4-8H,11H2,1-3H3/t10-/m0/s1. The van der Waals surface area contributed by atoms with Crippen LogP contribution in [0, 0.1) is 5.92 Å². The molecule has 0 bridgehead atoms. The van der Waals surface area contributed by atoms with Crippen molar-refractivity contribution < 1.29 is 0 Å². The minimum Gasteiger partial charge on any atom is -0.321 e. The van der Waals surface area contributed by atoms with Gasteiger partial charge in [0.05, 0.1) is 0 Å². The molecule has 0 aliphatic rings. The van der Waals surface area contributed by atoms with Gasteiger partial charge in [-0.15, -0.1) is 0 Å². The van der Waals surface area contributed by atoms with Gasteiger partial charge >= 0.3 is 0 Å². The van der Waals surface area contributed by atoms with E-state index in [9.17, 15) is 0 Å². The van der Waals surface area contributed by atoms with E-state index < -0.39 is 0 Å². The first kappa shape index (κ1) is 9.20. The van der Waals surface area contributed by atoms with Crippen molar-refractivity contribution in [1.82, 2.24) is 4.98 Å². The molecular weight excluding hydrogens is 148 g/mol. The molecule has 1 aromatic rings. The molecule has 0 fully saturated rings. The second kappa shape index (κ2) is 3.23. The number of hydrogen-bond acceptors (Lipinski definition) is 2. The van der Waals surface area contributed by atoms with Crippen LogP contribution in [0.15, 0.2) is 24.5 Å². The van der Waals surface area contributed by atoms with Crippen LogP contribution < -0.4 is 5.73 Å². The number of rotatable bonds is 2. The summed E-state index contributed by atoms with van der Waals surface area (Å²) < 4.78 is 0. The zero-order valence-electron chi connectivity index (χ0n) is 7.91. The molecule has 0 saturated carbocycles. The molecule has 66 valence electrons. The van der Waals surface area contributed by atoms with Gasteiger partial charge in [0, 0.05) is 17.9 Å². The maximum atomic E-state index is 6.15. The number of pyridine rings is 1. The normalized spacial score (nSPS) is 16.1. The van der Waals surface area contributed by atoms with E-state index >= 15 is 0 Å². The van der Waals surface area contributed by atoms with Gasteiger partial charge in [-0.3, -0.25) is 4.98 Å². The Bertz CT molecular complexity index is 239. The van der Waals surface area contributed by atoms with Gasteiger partial charge < -0.3 is 5.73 Å². The molecule has 0 aromatic carbocycles. The van der Waals surface area contributed by atoms with E-state index in [1.54, 1.807) is 12.4 Å². The zero-order chi connectivity index (χ0) is 9.19. The van der Waals surface area contributed by atoms with Gasteiger partial charge in [-0.2, -0.15) is 0 Å². The lowest BCUT2D eigenvalue weighted by Crippen LogP contribution is -2.38. The second-order valence-corrected chi connectivity index (χ2v) is 3.67. The summed E-state index contributed by atoms with van der Waals surface area (Å²) in [6.07, 6.45) is 3.56. The SMILES string of the molecule is CC(C)[C@](C)(N)c1ccncc1. The summed E-state index contributed by atoms with van der Waals surface area (Å²) in [6.45, 7) is 6.30. The molecular formula is C10H16N2. The van der Waals surface area contributed by atoms with Crippen molar-refractivity contribution in [2.24, 2.45) is 11.7 Å². The van der Waals surface area contributed by atoms with Crippen molar-refractivity contribution >= 4 is 0 Å². The summed E-state index contributed by atoms with van der Waals surface area (Å²) in [4.78, 5) is 3.96. The van der Waals surface area contributed by atoms with Crippen molar-refractivity contribution in [3.05, 3.63) is 30.1 Å². The molecule has 1 rings (SSSR count). The smallest absolute Gasteiger partial charge is 0.0405 e. The fourth-order valence-corrected chi connectivity index (χ4v) is 1.04. The molecule has 0 aliphatic heterocycles. The minimum absolute atomic E-state index is 0.247. The van der Waals surface area contributed by atoms with Gasteiger partial charge in [0.2, 0.25) is 0 Å². The van der Waals surface area contributed by atoms with Crippen LogP contribution in [0.2, 0.25) is 0 Å². The van der Waals surface area contributed by atoms with Crippen LogP contribution >= 0.6 is 0 Å². The first-order chi connectivity index (χ1) is 5.55. The summed E-state index contributed by atoms with van der Waals surface area (Å²) in [6, 6.07) is 3.94. The average Bonchev–Trinajstić information content (AvgIpc) is 2.06. The first-order valence-electron chi connectivity index (χ1n) is 4.24. The fourth-order valence-electron chi connectivity index (χ4n) is 1.04. The Hall–Kier alpha value is -0.890. The van der Waals surface area contributed by atoms with Gasteiger partial charge in [-0.1, -0.05) is 13.8 Å². The lowest BCUT2D eigenvalue weighted by atomic mass is 9.83. The van der Waals surface area contributed by atoms with E-state index in [0.717, 1.165) is 5.56 Å². The van der Waals surface area contributed by atoms with Crippen LogP contribution in [0.5, 0.6) is 0 Å². The third-order valence-electron chi connectivity index (χ3n) is 2.50. The molecule has 0 amide bonds. The Morgan fingerprint density at radius 1 is 1.33 bits per heavy atom. The largest absolute Gasteiger partial charge is 0.321 e. The van der Waals surface area contributed by atoms with Crippen molar-refractivity contribution in [2.75, 3.05) is 0 Å². The van der Waals surface area contributed by atoms with Crippen LogP contribution in [0.25, 0.3) is 0 Å². The minimum atomic E-state index is -0.247. The van der Waals surface area contributed by atoms with E-state index in [1.807, 2.05) is 19.1 Å². The van der Waals surface area contributed by atoms with Crippen LogP contribution in [-0.2, 0) is 5.54 Å². The maximum Gasteiger partial charge on any atom is 0.0405 e. The van der Waals surface area contributed by atoms with E-state index in [-0.39, 0.29) is 5.54 Å². The molecule has 2 heteroatoms. The number of aromatic nitrogens is 1. The predicted molar refractivity (Wildman–Crippen MR) is 50.6 cm³/mol. The molecule has 2 N–H and O–H groups in total. The molecule has 0 unspecified atom stereocenters. The highest BCUT2D eigenvalue weighted by atomic mass is 14.7. The maximum absolute atomic E-state index is 6.15. The quantitative estimate of drug-likeness (QED) is 0.725. The van der Waals surface area contributed by atoms with Crippen LogP contribution in [-0.4, -0.2) is 4.98 Å². The highest BCUT2D eigenvalue weighted by Gasteiger charge is 2.24. The molecule has 0 saturated heterocycles. The van der Waals surface area contributed by atoms with Crippen molar-refractivity contribution in [2.45, 2.75) is 26.3 Å². The summed E-state index contributed by atoms with van der Waals surface area (Å²) in [5, 5.41) is 0. The first-order valence-corrected chi connectivity index (χ1v) is 4.24. The number of nitrogens with zero attached hydrogens (tertiary/aromatic N) is 1. The van der Waals surface area contributed by atoms with Gasteiger partial charge in [0.15, 0.2) is 0 Å². The van der Waals surface area contributed by atoms with Crippen LogP contribution in [0.1, 0.15) is 26.3 Å². The topological polar surface area (TPSA) is 38.9 Å². The summed E-state index contributed by atoms with van der Waals surface area (Å²) in [5.41, 5.74) is 7.05. The van der Waals surface area contributed by atoms with Crippen molar-refractivity contribution in [3.63, 3.8) is 0 Å². The third-order valence-corrected chi connectivity index (χ3v) is 2.50. The average molecular weight is 164 g/mol. The molecule has 2 nitrogen and oxygen atoms in total. The molecule has 1 aromatic heterocycles. The molecule has 1 heterocycles. The van der Waals surface area contributed by atoms with Gasteiger partial charge in [-0.05, 0) is 30.5 Å². The van der Waals surface area contributed by atoms with Crippen LogP contribution in [0.3, 0.4) is 0 Å². The Morgan fingerprint density at radius 2 is 1.83 bits per heavy atom. The molecule has 0 aliphatic carbocycles. The second-order valence-electron chi connectivity index (χ2n) is 3.67. The Labute approximate surface area is 73.8 Å². The van der Waals surface area contributed by atoms with Crippen molar-refractivity contribution in [1.29, 1.82) is 0 Å². The third kappa shape index (κ3) is 1.64. The van der Waals surface area contributed by atoms with Crippen molar-refractivity contribution in [3.8, 4) is 0 Å². The zero-order valence-corrected chi connectivity index (χ0v) is 7.91. The van der Waals surface area contributed by atoms with Gasteiger partial charge in [0.1, 0.15) is 0 Å². The summed E-state index contributed by atoms with van der Waals surface area (Å²) >= 11 is 0. The molecule has 0 spiro atoms. The highest BCUT2D eigenvalue weighted by Crippen LogP contribution is 2.24. The lowest BCUT2D eigenvalue weighted by molar-refractivity contribution is 0.350. The fraction of sp³-hybridized carbons (Fsp3) is 0.500. The highest BCUT2D eigenvalue weighted by molar-refractivity contribution is 5.20. The Kier molecular flexibility index (Phi) is 2.48. The molecule has 12 heavy (non-hydrogen) atoms. The Morgan fingerprint density at radius 3 is 2.25 bits per heavy atom. The lowest BCUT2D eigenvalue weighted by Gasteiger charge is -2.29.